The fraction of sp³-hybridized carbons (Fsp3) is 0.462. The van der Waals surface area contributed by atoms with E-state index in [1.165, 1.54) is 11.3 Å². The second-order valence-corrected chi connectivity index (χ2v) is 5.64. The molecule has 0 aliphatic carbocycles. The molecule has 2 heterocycles. The van der Waals surface area contributed by atoms with Crippen LogP contribution in [-0.4, -0.2) is 31.3 Å². The molecular weight excluding hydrogens is 268 g/mol. The first-order valence-corrected chi connectivity index (χ1v) is 7.06. The predicted octanol–water partition coefficient (Wildman–Crippen LogP) is 2.16. The maximum absolute atomic E-state index is 12.0. The molecule has 1 saturated heterocycles. The minimum atomic E-state index is 0. The molecule has 1 fully saturated rings. The van der Waals surface area contributed by atoms with Crippen LogP contribution in [0.3, 0.4) is 0 Å². The van der Waals surface area contributed by atoms with Gasteiger partial charge >= 0.3 is 0 Å². The number of carbonyl (C=O) groups is 1. The Labute approximate surface area is 118 Å². The minimum absolute atomic E-state index is 0. The summed E-state index contributed by atoms with van der Waals surface area (Å²) in [7, 11) is 0. The number of rotatable bonds is 2. The molecule has 1 N–H and O–H groups in total. The zero-order valence-electron chi connectivity index (χ0n) is 10.1. The van der Waals surface area contributed by atoms with Gasteiger partial charge in [-0.25, -0.2) is 0 Å². The molecule has 1 aromatic rings. The van der Waals surface area contributed by atoms with Crippen molar-refractivity contribution in [3.63, 3.8) is 0 Å². The molecule has 3 nitrogen and oxygen atoms in total. The molecule has 98 valence electrons. The highest BCUT2D eigenvalue weighted by atomic mass is 35.5. The number of thioether (sulfide) groups is 1. The second kappa shape index (κ2) is 5.95. The number of amides is 1. The summed E-state index contributed by atoms with van der Waals surface area (Å²) < 4.78 is 0. The van der Waals surface area contributed by atoms with Crippen LogP contribution in [0, 0.1) is 5.92 Å². The zero-order chi connectivity index (χ0) is 11.7. The largest absolute Gasteiger partial charge is 0.316 e. The summed E-state index contributed by atoms with van der Waals surface area (Å²) in [5.41, 5.74) is 1.10. The van der Waals surface area contributed by atoms with Crippen molar-refractivity contribution in [2.75, 3.05) is 30.3 Å². The third-order valence-electron chi connectivity index (χ3n) is 3.41. The minimum Gasteiger partial charge on any atom is -0.316 e. The van der Waals surface area contributed by atoms with E-state index in [9.17, 15) is 4.79 Å². The van der Waals surface area contributed by atoms with Crippen LogP contribution in [0.2, 0.25) is 0 Å². The van der Waals surface area contributed by atoms with Crippen LogP contribution in [0.1, 0.15) is 6.42 Å². The number of benzene rings is 1. The van der Waals surface area contributed by atoms with Gasteiger partial charge < -0.3 is 10.2 Å². The molecule has 3 rings (SSSR count). The van der Waals surface area contributed by atoms with Gasteiger partial charge in [0.1, 0.15) is 0 Å². The predicted molar refractivity (Wildman–Crippen MR) is 77.7 cm³/mol. The smallest absolute Gasteiger partial charge is 0.237 e. The molecular formula is C13H17ClN2OS. The van der Waals surface area contributed by atoms with E-state index >= 15 is 0 Å². The van der Waals surface area contributed by atoms with Crippen molar-refractivity contribution < 1.29 is 4.79 Å². The van der Waals surface area contributed by atoms with Crippen LogP contribution in [0.4, 0.5) is 5.69 Å². The summed E-state index contributed by atoms with van der Waals surface area (Å²) in [6.07, 6.45) is 1.18. The van der Waals surface area contributed by atoms with E-state index in [0.717, 1.165) is 25.3 Å². The van der Waals surface area contributed by atoms with E-state index in [4.69, 9.17) is 0 Å². The number of para-hydroxylation sites is 1. The zero-order valence-corrected chi connectivity index (χ0v) is 11.7. The molecule has 2 aliphatic rings. The van der Waals surface area contributed by atoms with Crippen molar-refractivity contribution >= 4 is 35.8 Å². The molecule has 0 aromatic heterocycles. The van der Waals surface area contributed by atoms with Gasteiger partial charge in [0.2, 0.25) is 5.91 Å². The standard InChI is InChI=1S/C13H16N2OS.ClH/c16-13-9-17-12-4-2-1-3-11(12)15(13)8-10-5-6-14-7-10;/h1-4,10,14H,5-9H2;1H. The SMILES string of the molecule is Cl.O=C1CSc2ccccc2N1CC1CCNC1. The number of fused-ring (bicyclic) bond motifs is 1. The molecule has 0 spiro atoms. The summed E-state index contributed by atoms with van der Waals surface area (Å²) in [6.45, 7) is 2.99. The quantitative estimate of drug-likeness (QED) is 0.903. The summed E-state index contributed by atoms with van der Waals surface area (Å²) in [6, 6.07) is 8.21. The van der Waals surface area contributed by atoms with Gasteiger partial charge in [0.15, 0.2) is 0 Å². The Balaban J connectivity index is 0.00000120. The van der Waals surface area contributed by atoms with Gasteiger partial charge in [-0.15, -0.1) is 24.2 Å². The Morgan fingerprint density at radius 3 is 3.00 bits per heavy atom. The third kappa shape index (κ3) is 2.66. The molecule has 18 heavy (non-hydrogen) atoms. The summed E-state index contributed by atoms with van der Waals surface area (Å²) in [5.74, 6) is 1.44. The first kappa shape index (κ1) is 13.7. The number of hydrogen-bond acceptors (Lipinski definition) is 3. The highest BCUT2D eigenvalue weighted by Gasteiger charge is 2.27. The Hall–Kier alpha value is -0.710. The maximum Gasteiger partial charge on any atom is 0.237 e. The van der Waals surface area contributed by atoms with Crippen LogP contribution >= 0.6 is 24.2 Å². The van der Waals surface area contributed by atoms with E-state index in [2.05, 4.69) is 17.4 Å². The number of halogens is 1. The van der Waals surface area contributed by atoms with Gasteiger partial charge in [0.05, 0.1) is 11.4 Å². The van der Waals surface area contributed by atoms with Crippen molar-refractivity contribution in [2.45, 2.75) is 11.3 Å². The van der Waals surface area contributed by atoms with Crippen molar-refractivity contribution in [3.8, 4) is 0 Å². The first-order valence-electron chi connectivity index (χ1n) is 6.07. The van der Waals surface area contributed by atoms with Crippen LogP contribution in [-0.2, 0) is 4.79 Å². The number of hydrogen-bond donors (Lipinski definition) is 1. The molecule has 0 radical (unpaired) electrons. The third-order valence-corrected chi connectivity index (χ3v) is 4.46. The second-order valence-electron chi connectivity index (χ2n) is 4.62. The van der Waals surface area contributed by atoms with Crippen molar-refractivity contribution in [3.05, 3.63) is 24.3 Å². The van der Waals surface area contributed by atoms with Crippen LogP contribution in [0.5, 0.6) is 0 Å². The summed E-state index contributed by atoms with van der Waals surface area (Å²) >= 11 is 1.65. The number of nitrogens with one attached hydrogen (secondary N) is 1. The molecule has 1 amide bonds. The molecule has 1 atom stereocenters. The molecule has 1 aromatic carbocycles. The van der Waals surface area contributed by atoms with Crippen molar-refractivity contribution in [1.82, 2.24) is 5.32 Å². The van der Waals surface area contributed by atoms with Gasteiger partial charge in [-0.05, 0) is 37.6 Å². The van der Waals surface area contributed by atoms with Gasteiger partial charge in [0.25, 0.3) is 0 Å². The molecule has 0 bridgehead atoms. The monoisotopic (exact) mass is 284 g/mol. The van der Waals surface area contributed by atoms with Gasteiger partial charge in [-0.3, -0.25) is 4.79 Å². The van der Waals surface area contributed by atoms with Crippen molar-refractivity contribution in [1.29, 1.82) is 0 Å². The molecule has 1 unspecified atom stereocenters. The molecule has 0 saturated carbocycles. The first-order chi connectivity index (χ1) is 8.34. The lowest BCUT2D eigenvalue weighted by atomic mass is 10.1. The fourth-order valence-corrected chi connectivity index (χ4v) is 3.42. The van der Waals surface area contributed by atoms with Crippen molar-refractivity contribution in [2.24, 2.45) is 5.92 Å². The van der Waals surface area contributed by atoms with E-state index in [-0.39, 0.29) is 18.3 Å². The maximum atomic E-state index is 12.0. The lowest BCUT2D eigenvalue weighted by molar-refractivity contribution is -0.116. The lowest BCUT2D eigenvalue weighted by Crippen LogP contribution is -2.39. The normalized spacial score (nSPS) is 22.6. The van der Waals surface area contributed by atoms with E-state index in [1.807, 2.05) is 17.0 Å². The number of nitrogens with zero attached hydrogens (tertiary/aromatic N) is 1. The van der Waals surface area contributed by atoms with E-state index in [0.29, 0.717) is 11.7 Å². The Kier molecular flexibility index (Phi) is 4.54. The lowest BCUT2D eigenvalue weighted by Gasteiger charge is -2.30. The topological polar surface area (TPSA) is 32.3 Å². The average molecular weight is 285 g/mol. The van der Waals surface area contributed by atoms with Gasteiger partial charge in [-0.2, -0.15) is 0 Å². The highest BCUT2D eigenvalue weighted by Crippen LogP contribution is 2.35. The van der Waals surface area contributed by atoms with E-state index in [1.54, 1.807) is 11.8 Å². The molecule has 5 heteroatoms. The molecule has 2 aliphatic heterocycles. The Morgan fingerprint density at radius 1 is 1.39 bits per heavy atom. The average Bonchev–Trinajstić information content (AvgIpc) is 2.86. The van der Waals surface area contributed by atoms with Gasteiger partial charge in [0, 0.05) is 11.4 Å². The Bertz CT molecular complexity index is 435. The van der Waals surface area contributed by atoms with Crippen LogP contribution < -0.4 is 10.2 Å². The van der Waals surface area contributed by atoms with Crippen LogP contribution in [0.15, 0.2) is 29.2 Å². The van der Waals surface area contributed by atoms with Gasteiger partial charge in [-0.1, -0.05) is 12.1 Å². The van der Waals surface area contributed by atoms with E-state index < -0.39 is 0 Å². The van der Waals surface area contributed by atoms with Crippen LogP contribution in [0.25, 0.3) is 0 Å². The summed E-state index contributed by atoms with van der Waals surface area (Å²) in [4.78, 5) is 15.2. The number of anilines is 1. The highest BCUT2D eigenvalue weighted by molar-refractivity contribution is 8.00. The Morgan fingerprint density at radius 2 is 2.22 bits per heavy atom. The fourth-order valence-electron chi connectivity index (χ4n) is 2.48. The summed E-state index contributed by atoms with van der Waals surface area (Å²) in [5, 5.41) is 3.36. The number of carbonyl (C=O) groups excluding carboxylic acids is 1.